The van der Waals surface area contributed by atoms with E-state index in [0.717, 1.165) is 13.1 Å². The third-order valence-corrected chi connectivity index (χ3v) is 4.34. The topological polar surface area (TPSA) is 95.0 Å². The molecule has 1 N–H and O–H groups in total. The van der Waals surface area contributed by atoms with Crippen molar-refractivity contribution >= 4 is 21.7 Å². The lowest BCUT2D eigenvalue weighted by molar-refractivity contribution is -0.136. The minimum atomic E-state index is -3.62. The molecule has 0 spiro atoms. The standard InChI is InChI=1S/C10H18N2O5S/c1-11-3-5-12(6-4-11)9(13)8-18(16,17)7-2-10(14)15/h2-8H2,1H3,(H,14,15). The number of likely N-dealkylation sites (N-methyl/N-ethyl adjacent to an activating group) is 1. The number of aliphatic carboxylic acids is 1. The molecule has 1 rings (SSSR count). The molecule has 1 saturated heterocycles. The van der Waals surface area contributed by atoms with Gasteiger partial charge in [-0.2, -0.15) is 0 Å². The Labute approximate surface area is 106 Å². The summed E-state index contributed by atoms with van der Waals surface area (Å²) in [6.07, 6.45) is -0.460. The number of carboxylic acids is 1. The summed E-state index contributed by atoms with van der Waals surface area (Å²) in [6.45, 7) is 2.48. The Kier molecular flexibility index (Phi) is 5.09. The summed E-state index contributed by atoms with van der Waals surface area (Å²) in [4.78, 5) is 25.6. The Hall–Kier alpha value is -1.15. The van der Waals surface area contributed by atoms with Crippen LogP contribution < -0.4 is 0 Å². The van der Waals surface area contributed by atoms with Gasteiger partial charge in [0.05, 0.1) is 12.2 Å². The monoisotopic (exact) mass is 278 g/mol. The highest BCUT2D eigenvalue weighted by Gasteiger charge is 2.24. The highest BCUT2D eigenvalue weighted by atomic mass is 32.2. The second kappa shape index (κ2) is 6.14. The fourth-order valence-electron chi connectivity index (χ4n) is 1.65. The highest BCUT2D eigenvalue weighted by molar-refractivity contribution is 7.92. The van der Waals surface area contributed by atoms with Crippen LogP contribution in [0.5, 0.6) is 0 Å². The summed E-state index contributed by atoms with van der Waals surface area (Å²) in [5.74, 6) is -2.69. The van der Waals surface area contributed by atoms with Gasteiger partial charge >= 0.3 is 5.97 Å². The van der Waals surface area contributed by atoms with Gasteiger partial charge in [-0.3, -0.25) is 9.59 Å². The molecule has 0 aliphatic carbocycles. The molecule has 7 nitrogen and oxygen atoms in total. The zero-order valence-corrected chi connectivity index (χ0v) is 11.1. The second-order valence-corrected chi connectivity index (χ2v) is 6.60. The Balaban J connectivity index is 2.46. The van der Waals surface area contributed by atoms with Crippen LogP contribution in [0.2, 0.25) is 0 Å². The molecule has 1 fully saturated rings. The van der Waals surface area contributed by atoms with Gasteiger partial charge in [-0.15, -0.1) is 0 Å². The Morgan fingerprint density at radius 1 is 1.17 bits per heavy atom. The predicted octanol–water partition coefficient (Wildman–Crippen LogP) is -1.35. The van der Waals surface area contributed by atoms with Gasteiger partial charge in [0, 0.05) is 26.2 Å². The summed E-state index contributed by atoms with van der Waals surface area (Å²) < 4.78 is 23.1. The summed E-state index contributed by atoms with van der Waals surface area (Å²) in [5, 5.41) is 8.42. The number of hydrogen-bond donors (Lipinski definition) is 1. The van der Waals surface area contributed by atoms with E-state index in [9.17, 15) is 18.0 Å². The molecule has 0 bridgehead atoms. The van der Waals surface area contributed by atoms with Crippen LogP contribution in [-0.4, -0.2) is 79.9 Å². The van der Waals surface area contributed by atoms with Crippen molar-refractivity contribution in [2.45, 2.75) is 6.42 Å². The fraction of sp³-hybridized carbons (Fsp3) is 0.800. The lowest BCUT2D eigenvalue weighted by Gasteiger charge is -2.32. The van der Waals surface area contributed by atoms with Crippen LogP contribution in [0, 0.1) is 0 Å². The van der Waals surface area contributed by atoms with Crippen molar-refractivity contribution < 1.29 is 23.1 Å². The minimum absolute atomic E-state index is 0.437. The van der Waals surface area contributed by atoms with Crippen LogP contribution in [0.4, 0.5) is 0 Å². The normalized spacial score (nSPS) is 17.7. The first-order chi connectivity index (χ1) is 8.30. The highest BCUT2D eigenvalue weighted by Crippen LogP contribution is 2.03. The van der Waals surface area contributed by atoms with Crippen LogP contribution in [0.15, 0.2) is 0 Å². The number of hydrogen-bond acceptors (Lipinski definition) is 5. The first-order valence-corrected chi connectivity index (χ1v) is 7.51. The number of amides is 1. The first-order valence-electron chi connectivity index (χ1n) is 5.69. The van der Waals surface area contributed by atoms with Crippen LogP contribution >= 0.6 is 0 Å². The minimum Gasteiger partial charge on any atom is -0.481 e. The first kappa shape index (κ1) is 14.9. The third-order valence-electron chi connectivity index (χ3n) is 2.83. The molecular formula is C10H18N2O5S. The number of rotatable bonds is 5. The summed E-state index contributed by atoms with van der Waals surface area (Å²) >= 11 is 0. The molecule has 0 aromatic heterocycles. The predicted molar refractivity (Wildman–Crippen MR) is 65.0 cm³/mol. The van der Waals surface area contributed by atoms with E-state index in [1.54, 1.807) is 0 Å². The molecule has 0 aromatic rings. The fourth-order valence-corrected chi connectivity index (χ4v) is 2.84. The quantitative estimate of drug-likeness (QED) is 0.668. The van der Waals surface area contributed by atoms with Crippen molar-refractivity contribution in [1.82, 2.24) is 9.80 Å². The molecule has 1 amide bonds. The van der Waals surface area contributed by atoms with E-state index in [-0.39, 0.29) is 0 Å². The van der Waals surface area contributed by atoms with Gasteiger partial charge < -0.3 is 14.9 Å². The number of sulfone groups is 1. The average molecular weight is 278 g/mol. The summed E-state index contributed by atoms with van der Waals surface area (Å²) in [7, 11) is -1.69. The van der Waals surface area contributed by atoms with E-state index in [1.807, 2.05) is 7.05 Å². The molecule has 1 aliphatic heterocycles. The maximum atomic E-state index is 11.7. The summed E-state index contributed by atoms with van der Waals surface area (Å²) in [6, 6.07) is 0. The molecular weight excluding hydrogens is 260 g/mol. The van der Waals surface area contributed by atoms with Crippen molar-refractivity contribution in [3.63, 3.8) is 0 Å². The van der Waals surface area contributed by atoms with Crippen molar-refractivity contribution in [3.05, 3.63) is 0 Å². The van der Waals surface area contributed by atoms with Crippen molar-refractivity contribution in [2.24, 2.45) is 0 Å². The van der Waals surface area contributed by atoms with Crippen molar-refractivity contribution in [1.29, 1.82) is 0 Å². The smallest absolute Gasteiger partial charge is 0.304 e. The molecule has 18 heavy (non-hydrogen) atoms. The third kappa shape index (κ3) is 5.01. The average Bonchev–Trinajstić information content (AvgIpc) is 2.27. The Morgan fingerprint density at radius 2 is 1.72 bits per heavy atom. The maximum absolute atomic E-state index is 11.7. The summed E-state index contributed by atoms with van der Waals surface area (Å²) in [5.41, 5.74) is 0. The van der Waals surface area contributed by atoms with Crippen molar-refractivity contribution in [3.8, 4) is 0 Å². The number of carboxylic acid groups (broad SMARTS) is 1. The van der Waals surface area contributed by atoms with E-state index in [4.69, 9.17) is 5.11 Å². The van der Waals surface area contributed by atoms with Gasteiger partial charge in [-0.25, -0.2) is 8.42 Å². The molecule has 1 aliphatic rings. The number of carbonyl (C=O) groups is 2. The van der Waals surface area contributed by atoms with E-state index in [0.29, 0.717) is 13.1 Å². The Bertz CT molecular complexity index is 412. The molecule has 0 saturated carbocycles. The molecule has 0 unspecified atom stereocenters. The lowest BCUT2D eigenvalue weighted by Crippen LogP contribution is -2.48. The van der Waals surface area contributed by atoms with Gasteiger partial charge in [0.1, 0.15) is 5.75 Å². The van der Waals surface area contributed by atoms with Crippen LogP contribution in [0.1, 0.15) is 6.42 Å². The van der Waals surface area contributed by atoms with Gasteiger partial charge in [0.15, 0.2) is 9.84 Å². The van der Waals surface area contributed by atoms with Crippen LogP contribution in [0.25, 0.3) is 0 Å². The molecule has 1 heterocycles. The van der Waals surface area contributed by atoms with Gasteiger partial charge in [-0.05, 0) is 7.05 Å². The zero-order chi connectivity index (χ0) is 13.8. The zero-order valence-electron chi connectivity index (χ0n) is 10.3. The van der Waals surface area contributed by atoms with Crippen molar-refractivity contribution in [2.75, 3.05) is 44.7 Å². The number of piperazine rings is 1. The van der Waals surface area contributed by atoms with Gasteiger partial charge in [0.2, 0.25) is 5.91 Å². The Morgan fingerprint density at radius 3 is 2.22 bits per heavy atom. The second-order valence-electron chi connectivity index (χ2n) is 4.42. The number of carbonyl (C=O) groups excluding carboxylic acids is 1. The largest absolute Gasteiger partial charge is 0.481 e. The van der Waals surface area contributed by atoms with Crippen LogP contribution in [0.3, 0.4) is 0 Å². The maximum Gasteiger partial charge on any atom is 0.304 e. The van der Waals surface area contributed by atoms with E-state index in [1.165, 1.54) is 4.90 Å². The van der Waals surface area contributed by atoms with Gasteiger partial charge in [0.25, 0.3) is 0 Å². The SMILES string of the molecule is CN1CCN(C(=O)CS(=O)(=O)CCC(=O)O)CC1. The van der Waals surface area contributed by atoms with E-state index < -0.39 is 39.6 Å². The number of nitrogens with zero attached hydrogens (tertiary/aromatic N) is 2. The van der Waals surface area contributed by atoms with Gasteiger partial charge in [-0.1, -0.05) is 0 Å². The van der Waals surface area contributed by atoms with Crippen LogP contribution in [-0.2, 0) is 19.4 Å². The molecule has 0 aromatic carbocycles. The lowest BCUT2D eigenvalue weighted by atomic mass is 10.3. The van der Waals surface area contributed by atoms with E-state index in [2.05, 4.69) is 4.90 Å². The molecule has 0 atom stereocenters. The molecule has 8 heteroatoms. The molecule has 104 valence electrons. The molecule has 0 radical (unpaired) electrons. The van der Waals surface area contributed by atoms with E-state index >= 15 is 0 Å².